The predicted octanol–water partition coefficient (Wildman–Crippen LogP) is 3.43. The molecule has 7 heteroatoms. The number of aromatic nitrogens is 2. The average molecular weight is 387 g/mol. The van der Waals surface area contributed by atoms with Crippen molar-refractivity contribution in [2.75, 3.05) is 18.4 Å². The minimum atomic E-state index is -0.365. The van der Waals surface area contributed by atoms with Crippen LogP contribution in [-0.2, 0) is 4.79 Å². The number of benzene rings is 2. The predicted molar refractivity (Wildman–Crippen MR) is 109 cm³/mol. The lowest BCUT2D eigenvalue weighted by molar-refractivity contribution is -0.115. The number of carbonyl (C=O) groups is 2. The van der Waals surface area contributed by atoms with Crippen LogP contribution in [0.3, 0.4) is 0 Å². The number of carbonyl (C=O) groups excluding carboxylic acids is 2. The van der Waals surface area contributed by atoms with Crippen molar-refractivity contribution in [1.82, 2.24) is 14.9 Å². The molecule has 2 heterocycles. The van der Waals surface area contributed by atoms with Crippen LogP contribution in [0.1, 0.15) is 41.4 Å². The Balaban J connectivity index is 1.44. The molecule has 1 unspecified atom stereocenters. The smallest absolute Gasteiger partial charge is 0.253 e. The third-order valence-electron chi connectivity index (χ3n) is 5.16. The molecule has 1 aromatic heterocycles. The topological polar surface area (TPSA) is 102 Å². The number of fused-ring (bicyclic) bond motifs is 1. The minimum Gasteiger partial charge on any atom is -0.342 e. The zero-order chi connectivity index (χ0) is 20.2. The number of nitrogens with one attached hydrogen (secondary N) is 2. The van der Waals surface area contributed by atoms with Gasteiger partial charge in [-0.3, -0.25) is 9.59 Å². The lowest BCUT2D eigenvalue weighted by Crippen LogP contribution is -2.39. The van der Waals surface area contributed by atoms with E-state index >= 15 is 0 Å². The molecule has 2 aromatic carbocycles. The summed E-state index contributed by atoms with van der Waals surface area (Å²) in [5.74, 6) is 0.723. The van der Waals surface area contributed by atoms with Crippen LogP contribution >= 0.6 is 0 Å². The summed E-state index contributed by atoms with van der Waals surface area (Å²) in [6.07, 6.45) is 1.72. The zero-order valence-corrected chi connectivity index (χ0v) is 15.9. The number of amides is 2. The van der Waals surface area contributed by atoms with Gasteiger partial charge in [-0.05, 0) is 49.2 Å². The van der Waals surface area contributed by atoms with Crippen LogP contribution in [0.25, 0.3) is 11.0 Å². The molecular weight excluding hydrogens is 366 g/mol. The number of likely N-dealkylation sites (tertiary alicyclic amines) is 1. The molecule has 0 radical (unpaired) electrons. The quantitative estimate of drug-likeness (QED) is 0.716. The summed E-state index contributed by atoms with van der Waals surface area (Å²) in [6, 6.07) is 16.5. The van der Waals surface area contributed by atoms with Gasteiger partial charge < -0.3 is 15.2 Å². The summed E-state index contributed by atoms with van der Waals surface area (Å²) in [5, 5.41) is 11.2. The molecule has 29 heavy (non-hydrogen) atoms. The van der Waals surface area contributed by atoms with Gasteiger partial charge in [0.25, 0.3) is 5.91 Å². The second-order valence-electron chi connectivity index (χ2n) is 7.19. The van der Waals surface area contributed by atoms with Gasteiger partial charge in [0.15, 0.2) is 0 Å². The Morgan fingerprint density at radius 1 is 1.21 bits per heavy atom. The number of imidazole rings is 1. The van der Waals surface area contributed by atoms with Gasteiger partial charge in [0, 0.05) is 30.3 Å². The van der Waals surface area contributed by atoms with Gasteiger partial charge in [0.2, 0.25) is 5.91 Å². The average Bonchev–Trinajstić information content (AvgIpc) is 3.18. The van der Waals surface area contributed by atoms with Crippen molar-refractivity contribution < 1.29 is 9.59 Å². The Morgan fingerprint density at radius 2 is 2.00 bits per heavy atom. The number of anilines is 1. The highest BCUT2D eigenvalue weighted by Crippen LogP contribution is 2.27. The summed E-state index contributed by atoms with van der Waals surface area (Å²) >= 11 is 0. The van der Waals surface area contributed by atoms with Crippen molar-refractivity contribution in [3.05, 3.63) is 59.9 Å². The van der Waals surface area contributed by atoms with E-state index in [0.29, 0.717) is 17.8 Å². The maximum absolute atomic E-state index is 12.9. The number of nitrogens with zero attached hydrogens (tertiary/aromatic N) is 3. The van der Waals surface area contributed by atoms with Gasteiger partial charge in [-0.15, -0.1) is 0 Å². The van der Waals surface area contributed by atoms with Gasteiger partial charge in [-0.1, -0.05) is 12.1 Å². The summed E-state index contributed by atoms with van der Waals surface area (Å²) in [6.45, 7) is 1.34. The highest BCUT2D eigenvalue weighted by atomic mass is 16.2. The number of para-hydroxylation sites is 2. The first-order valence-electron chi connectivity index (χ1n) is 9.65. The van der Waals surface area contributed by atoms with Crippen LogP contribution < -0.4 is 5.32 Å². The molecule has 0 bridgehead atoms. The fourth-order valence-corrected chi connectivity index (χ4v) is 3.71. The molecule has 1 aliphatic rings. The summed E-state index contributed by atoms with van der Waals surface area (Å²) in [4.78, 5) is 34.4. The zero-order valence-electron chi connectivity index (χ0n) is 15.9. The Hall–Kier alpha value is -3.66. The first kappa shape index (κ1) is 18.7. The van der Waals surface area contributed by atoms with Crippen LogP contribution in [0.4, 0.5) is 5.69 Å². The third kappa shape index (κ3) is 4.11. The van der Waals surface area contributed by atoms with E-state index in [0.717, 1.165) is 36.2 Å². The second-order valence-corrected chi connectivity index (χ2v) is 7.19. The van der Waals surface area contributed by atoms with E-state index in [9.17, 15) is 9.59 Å². The maximum atomic E-state index is 12.9. The van der Waals surface area contributed by atoms with Gasteiger partial charge in [-0.2, -0.15) is 5.26 Å². The molecule has 0 saturated carbocycles. The number of H-pyrrole nitrogens is 1. The fraction of sp³-hybridized carbons (Fsp3) is 0.273. The molecule has 2 amide bonds. The molecule has 4 rings (SSSR count). The Kier molecular flexibility index (Phi) is 5.25. The molecule has 1 fully saturated rings. The highest BCUT2D eigenvalue weighted by Gasteiger charge is 2.27. The van der Waals surface area contributed by atoms with E-state index in [1.165, 1.54) is 0 Å². The largest absolute Gasteiger partial charge is 0.342 e. The van der Waals surface area contributed by atoms with E-state index in [-0.39, 0.29) is 24.2 Å². The number of piperidine rings is 1. The van der Waals surface area contributed by atoms with Gasteiger partial charge in [0.1, 0.15) is 12.2 Å². The van der Waals surface area contributed by atoms with Gasteiger partial charge in [0.05, 0.1) is 17.1 Å². The fourth-order valence-electron chi connectivity index (χ4n) is 3.71. The highest BCUT2D eigenvalue weighted by molar-refractivity contribution is 5.96. The molecule has 7 nitrogen and oxygen atoms in total. The normalized spacial score (nSPS) is 16.4. The number of rotatable bonds is 4. The maximum Gasteiger partial charge on any atom is 0.253 e. The van der Waals surface area contributed by atoms with Gasteiger partial charge in [-0.25, -0.2) is 4.98 Å². The SMILES string of the molecule is N#CCC(=O)Nc1ccc(C(=O)N2CCCC(c3nc4ccccc4[nH]3)C2)cc1. The number of hydrogen-bond acceptors (Lipinski definition) is 4. The molecular formula is C22H21N5O2. The third-order valence-corrected chi connectivity index (χ3v) is 5.16. The lowest BCUT2D eigenvalue weighted by atomic mass is 9.96. The summed E-state index contributed by atoms with van der Waals surface area (Å²) < 4.78 is 0. The van der Waals surface area contributed by atoms with Crippen LogP contribution in [0.2, 0.25) is 0 Å². The van der Waals surface area contributed by atoms with Crippen molar-refractivity contribution in [2.45, 2.75) is 25.2 Å². The Labute approximate surface area is 168 Å². The van der Waals surface area contributed by atoms with Crippen LogP contribution in [0, 0.1) is 11.3 Å². The van der Waals surface area contributed by atoms with Crippen LogP contribution in [-0.4, -0.2) is 39.8 Å². The first-order chi connectivity index (χ1) is 14.1. The standard InChI is InChI=1S/C22H21N5O2/c23-12-11-20(28)24-17-9-7-15(8-10-17)22(29)27-13-3-4-16(14-27)21-25-18-5-1-2-6-19(18)26-21/h1-2,5-10,16H,3-4,11,13-14H2,(H,24,28)(H,25,26). The number of nitriles is 1. The van der Waals surface area contributed by atoms with E-state index in [4.69, 9.17) is 10.2 Å². The van der Waals surface area contributed by atoms with Crippen molar-refractivity contribution in [3.63, 3.8) is 0 Å². The molecule has 1 saturated heterocycles. The molecule has 146 valence electrons. The molecule has 2 N–H and O–H groups in total. The summed E-state index contributed by atoms with van der Waals surface area (Å²) in [5.41, 5.74) is 3.11. The van der Waals surface area contributed by atoms with Crippen LogP contribution in [0.5, 0.6) is 0 Å². The molecule has 0 aliphatic carbocycles. The van der Waals surface area contributed by atoms with Crippen molar-refractivity contribution >= 4 is 28.5 Å². The monoisotopic (exact) mass is 387 g/mol. The molecule has 3 aromatic rings. The van der Waals surface area contributed by atoms with E-state index < -0.39 is 0 Å². The Bertz CT molecular complexity index is 1050. The van der Waals surface area contributed by atoms with Crippen molar-refractivity contribution in [3.8, 4) is 6.07 Å². The molecule has 1 aliphatic heterocycles. The Morgan fingerprint density at radius 3 is 2.76 bits per heavy atom. The van der Waals surface area contributed by atoms with Gasteiger partial charge >= 0.3 is 0 Å². The van der Waals surface area contributed by atoms with E-state index in [1.54, 1.807) is 30.3 Å². The van der Waals surface area contributed by atoms with Crippen molar-refractivity contribution in [2.24, 2.45) is 0 Å². The van der Waals surface area contributed by atoms with Crippen LogP contribution in [0.15, 0.2) is 48.5 Å². The number of hydrogen-bond donors (Lipinski definition) is 2. The second kappa shape index (κ2) is 8.15. The number of aromatic amines is 1. The summed E-state index contributed by atoms with van der Waals surface area (Å²) in [7, 11) is 0. The first-order valence-corrected chi connectivity index (χ1v) is 9.65. The molecule has 0 spiro atoms. The van der Waals surface area contributed by atoms with Crippen molar-refractivity contribution in [1.29, 1.82) is 5.26 Å². The molecule has 1 atom stereocenters. The van der Waals surface area contributed by atoms with E-state index in [1.807, 2.05) is 29.2 Å². The lowest BCUT2D eigenvalue weighted by Gasteiger charge is -2.32. The minimum absolute atomic E-state index is 0.0271. The van der Waals surface area contributed by atoms with E-state index in [2.05, 4.69) is 10.3 Å².